The molecular formula is C24H29N3O9S2. The molecule has 0 saturated carbocycles. The van der Waals surface area contributed by atoms with Gasteiger partial charge in [0.25, 0.3) is 0 Å². The molecule has 2 aromatic rings. The van der Waals surface area contributed by atoms with E-state index < -0.39 is 46.7 Å². The van der Waals surface area contributed by atoms with Crippen molar-refractivity contribution in [3.05, 3.63) is 59.7 Å². The summed E-state index contributed by atoms with van der Waals surface area (Å²) in [6.45, 7) is 1.18. The van der Waals surface area contributed by atoms with Gasteiger partial charge in [-0.3, -0.25) is 4.79 Å². The van der Waals surface area contributed by atoms with E-state index in [9.17, 15) is 22.8 Å². The number of urea groups is 1. The summed E-state index contributed by atoms with van der Waals surface area (Å²) in [6, 6.07) is 6.01. The number of carbonyl (C=O) groups is 3. The highest BCUT2D eigenvalue weighted by atomic mass is 32.2. The van der Waals surface area contributed by atoms with Crippen molar-refractivity contribution in [3.63, 3.8) is 0 Å². The van der Waals surface area contributed by atoms with Gasteiger partial charge in [-0.15, -0.1) is 0 Å². The number of esters is 2. The second-order valence-corrected chi connectivity index (χ2v) is 10.6. The maximum Gasteiger partial charge on any atom is 0.338 e. The average Bonchev–Trinajstić information content (AvgIpc) is 3.44. The molecule has 12 nitrogen and oxygen atoms in total. The monoisotopic (exact) mass is 567 g/mol. The maximum absolute atomic E-state index is 13.0. The summed E-state index contributed by atoms with van der Waals surface area (Å²) >= 11 is 1.42. The molecule has 0 bridgehead atoms. The number of ether oxygens (including phenoxy) is 3. The minimum absolute atomic E-state index is 0.00585. The molecule has 1 aliphatic rings. The van der Waals surface area contributed by atoms with Gasteiger partial charge in [-0.25, -0.2) is 18.0 Å². The van der Waals surface area contributed by atoms with Gasteiger partial charge in [0.15, 0.2) is 0 Å². The summed E-state index contributed by atoms with van der Waals surface area (Å²) in [7, 11) is -2.62. The van der Waals surface area contributed by atoms with Crippen molar-refractivity contribution in [1.82, 2.24) is 15.4 Å². The van der Waals surface area contributed by atoms with E-state index in [4.69, 9.17) is 18.6 Å². The second kappa shape index (κ2) is 13.3. The Morgan fingerprint density at radius 3 is 2.53 bits per heavy atom. The van der Waals surface area contributed by atoms with Gasteiger partial charge in [0.1, 0.15) is 30.2 Å². The lowest BCUT2D eigenvalue weighted by Gasteiger charge is -2.28. The zero-order valence-corrected chi connectivity index (χ0v) is 22.6. The average molecular weight is 568 g/mol. The maximum atomic E-state index is 13.0. The first-order valence-corrected chi connectivity index (χ1v) is 14.4. The first-order chi connectivity index (χ1) is 18.2. The van der Waals surface area contributed by atoms with Crippen LogP contribution >= 0.6 is 11.8 Å². The fraction of sp³-hybridized carbons (Fsp3) is 0.375. The molecule has 0 spiro atoms. The predicted molar refractivity (Wildman–Crippen MR) is 138 cm³/mol. The van der Waals surface area contributed by atoms with Crippen LogP contribution in [0.5, 0.6) is 5.75 Å². The third-order valence-corrected chi connectivity index (χ3v) is 7.53. The van der Waals surface area contributed by atoms with Crippen LogP contribution in [0.4, 0.5) is 4.79 Å². The highest BCUT2D eigenvalue weighted by Crippen LogP contribution is 2.28. The van der Waals surface area contributed by atoms with E-state index in [1.54, 1.807) is 19.1 Å². The van der Waals surface area contributed by atoms with Crippen molar-refractivity contribution < 1.29 is 41.4 Å². The standard InChI is InChI=1S/C24H29N3O9S2/c1-4-34-23(29)20-18(25-24(30)26-21(20)19-6-5-12-35-19)14-36-22(28)17(11-13-37-3)27-38(31,32)16-9-7-15(33-2)8-10-16/h5-10,12,17,21,27H,4,11,13-14H2,1-3H3,(H2,25,26,30)/t17-,21+/m0/s1. The van der Waals surface area contributed by atoms with Crippen LogP contribution in [0.25, 0.3) is 0 Å². The first kappa shape index (κ1) is 29.1. The van der Waals surface area contributed by atoms with Crippen LogP contribution in [-0.4, -0.2) is 64.8 Å². The van der Waals surface area contributed by atoms with E-state index in [1.807, 2.05) is 6.26 Å². The van der Waals surface area contributed by atoms with Gasteiger partial charge in [0.05, 0.1) is 36.1 Å². The Bertz CT molecular complexity index is 1260. The molecule has 14 heteroatoms. The molecule has 38 heavy (non-hydrogen) atoms. The molecule has 1 aliphatic heterocycles. The van der Waals surface area contributed by atoms with Crippen LogP contribution in [0.15, 0.2) is 63.2 Å². The van der Waals surface area contributed by atoms with Crippen LogP contribution in [0.1, 0.15) is 25.1 Å². The summed E-state index contributed by atoms with van der Waals surface area (Å²) in [6.07, 6.45) is 3.34. The highest BCUT2D eigenvalue weighted by Gasteiger charge is 2.36. The Balaban J connectivity index is 1.83. The van der Waals surface area contributed by atoms with Crippen LogP contribution in [0.2, 0.25) is 0 Å². The van der Waals surface area contributed by atoms with Crippen molar-refractivity contribution in [2.24, 2.45) is 0 Å². The lowest BCUT2D eigenvalue weighted by molar-refractivity contribution is -0.145. The van der Waals surface area contributed by atoms with E-state index in [0.717, 1.165) is 0 Å². The third kappa shape index (κ3) is 7.30. The van der Waals surface area contributed by atoms with Crippen LogP contribution in [0, 0.1) is 0 Å². The molecule has 2 atom stereocenters. The Labute approximate surface area is 224 Å². The van der Waals surface area contributed by atoms with Crippen molar-refractivity contribution in [1.29, 1.82) is 0 Å². The van der Waals surface area contributed by atoms with E-state index >= 15 is 0 Å². The molecule has 1 aromatic carbocycles. The molecule has 0 unspecified atom stereocenters. The molecule has 1 aromatic heterocycles. The quantitative estimate of drug-likeness (QED) is 0.306. The van der Waals surface area contributed by atoms with Crippen molar-refractivity contribution in [2.45, 2.75) is 30.3 Å². The molecule has 0 fully saturated rings. The lowest BCUT2D eigenvalue weighted by atomic mass is 10.0. The topological polar surface area (TPSA) is 162 Å². The molecule has 2 amide bonds. The summed E-state index contributed by atoms with van der Waals surface area (Å²) in [4.78, 5) is 38.1. The molecular weight excluding hydrogens is 538 g/mol. The molecule has 0 aliphatic carbocycles. The van der Waals surface area contributed by atoms with Gasteiger partial charge in [-0.2, -0.15) is 16.5 Å². The summed E-state index contributed by atoms with van der Waals surface area (Å²) in [5, 5.41) is 5.06. The summed E-state index contributed by atoms with van der Waals surface area (Å²) in [5.41, 5.74) is -0.0164. The van der Waals surface area contributed by atoms with E-state index in [-0.39, 0.29) is 35.0 Å². The normalized spacial score (nSPS) is 16.3. The third-order valence-electron chi connectivity index (χ3n) is 5.40. The zero-order chi connectivity index (χ0) is 27.7. The number of rotatable bonds is 13. The van der Waals surface area contributed by atoms with Crippen LogP contribution < -0.4 is 20.1 Å². The summed E-state index contributed by atoms with van der Waals surface area (Å²) < 4.78 is 49.2. The zero-order valence-electron chi connectivity index (χ0n) is 21.0. The Morgan fingerprint density at radius 2 is 1.92 bits per heavy atom. The number of carbonyl (C=O) groups excluding carboxylic acids is 3. The van der Waals surface area contributed by atoms with Crippen LogP contribution in [-0.2, 0) is 29.1 Å². The number of nitrogens with one attached hydrogen (secondary N) is 3. The molecule has 3 N–H and O–H groups in total. The number of methoxy groups -OCH3 is 1. The number of hydrogen-bond acceptors (Lipinski definition) is 10. The van der Waals surface area contributed by atoms with E-state index in [1.165, 1.54) is 49.4 Å². The predicted octanol–water partition coefficient (Wildman–Crippen LogP) is 2.10. The second-order valence-electron chi connectivity index (χ2n) is 7.90. The molecule has 206 valence electrons. The fourth-order valence-corrected chi connectivity index (χ4v) is 5.26. The Hall–Kier alpha value is -3.49. The number of furan rings is 1. The smallest absolute Gasteiger partial charge is 0.338 e. The first-order valence-electron chi connectivity index (χ1n) is 11.5. The van der Waals surface area contributed by atoms with Crippen molar-refractivity contribution in [3.8, 4) is 5.75 Å². The van der Waals surface area contributed by atoms with E-state index in [2.05, 4.69) is 15.4 Å². The number of amides is 2. The minimum atomic E-state index is -4.08. The SMILES string of the molecule is CCOC(=O)C1=C(COC(=O)[C@H](CCSC)NS(=O)(=O)c2ccc(OC)cc2)NC(=O)N[C@@H]1c1ccco1. The fourth-order valence-electron chi connectivity index (χ4n) is 3.57. The van der Waals surface area contributed by atoms with Gasteiger partial charge >= 0.3 is 18.0 Å². The van der Waals surface area contributed by atoms with Gasteiger partial charge in [-0.05, 0) is 61.8 Å². The molecule has 2 heterocycles. The Kier molecular flexibility index (Phi) is 10.2. The van der Waals surface area contributed by atoms with Crippen LogP contribution in [0.3, 0.4) is 0 Å². The van der Waals surface area contributed by atoms with Gasteiger partial charge in [-0.1, -0.05) is 0 Å². The van der Waals surface area contributed by atoms with Crippen molar-refractivity contribution in [2.75, 3.05) is 32.3 Å². The number of benzene rings is 1. The number of thioether (sulfide) groups is 1. The largest absolute Gasteiger partial charge is 0.497 e. The lowest BCUT2D eigenvalue weighted by Crippen LogP contribution is -2.47. The van der Waals surface area contributed by atoms with Gasteiger partial charge in [0.2, 0.25) is 10.0 Å². The Morgan fingerprint density at radius 1 is 1.18 bits per heavy atom. The van der Waals surface area contributed by atoms with E-state index in [0.29, 0.717) is 11.5 Å². The molecule has 0 saturated heterocycles. The number of sulfonamides is 1. The van der Waals surface area contributed by atoms with Crippen molar-refractivity contribution >= 4 is 39.8 Å². The van der Waals surface area contributed by atoms with Gasteiger partial charge < -0.3 is 29.3 Å². The molecule has 3 rings (SSSR count). The number of hydrogen-bond donors (Lipinski definition) is 3. The summed E-state index contributed by atoms with van der Waals surface area (Å²) in [5.74, 6) is -0.412. The minimum Gasteiger partial charge on any atom is -0.497 e. The molecule has 0 radical (unpaired) electrons. The highest BCUT2D eigenvalue weighted by molar-refractivity contribution is 7.98. The van der Waals surface area contributed by atoms with Gasteiger partial charge in [0, 0.05) is 0 Å².